The predicted octanol–water partition coefficient (Wildman–Crippen LogP) is 6.76. The Bertz CT molecular complexity index is 1590. The van der Waals surface area contributed by atoms with E-state index in [4.69, 9.17) is 30.2 Å². The summed E-state index contributed by atoms with van der Waals surface area (Å²) in [7, 11) is 0. The van der Waals surface area contributed by atoms with Gasteiger partial charge in [0, 0.05) is 11.1 Å². The van der Waals surface area contributed by atoms with Gasteiger partial charge < -0.3 is 18.6 Å². The summed E-state index contributed by atoms with van der Waals surface area (Å²) in [5.74, 6) is 0.693. The summed E-state index contributed by atoms with van der Waals surface area (Å²) in [5.41, 5.74) is -0.0749. The highest BCUT2D eigenvalue weighted by atomic mass is 35.5. The second kappa shape index (κ2) is 9.52. The molecule has 1 heterocycles. The molecule has 174 valence electrons. The van der Waals surface area contributed by atoms with Gasteiger partial charge in [0.1, 0.15) is 29.1 Å². The van der Waals surface area contributed by atoms with Crippen LogP contribution in [-0.4, -0.2) is 12.1 Å². The third-order valence-corrected chi connectivity index (χ3v) is 5.59. The Kier molecular flexibility index (Phi) is 6.12. The molecule has 0 bridgehead atoms. The maximum atomic E-state index is 12.9. The van der Waals surface area contributed by atoms with E-state index >= 15 is 0 Å². The molecule has 0 N–H and O–H groups in total. The second-order valence-electron chi connectivity index (χ2n) is 7.83. The van der Waals surface area contributed by atoms with Crippen molar-refractivity contribution in [3.8, 4) is 23.0 Å². The Hall–Kier alpha value is -4.29. The van der Waals surface area contributed by atoms with E-state index in [1.807, 2.05) is 36.4 Å². The minimum Gasteiger partial charge on any atom is -0.479 e. The van der Waals surface area contributed by atoms with Crippen LogP contribution < -0.4 is 19.6 Å². The number of fused-ring (bicyclic) bond motifs is 2. The maximum absolute atomic E-state index is 12.9. The summed E-state index contributed by atoms with van der Waals surface area (Å²) in [5, 5.41) is 2.93. The van der Waals surface area contributed by atoms with Crippen LogP contribution in [0, 0.1) is 0 Å². The molecule has 0 radical (unpaired) electrons. The van der Waals surface area contributed by atoms with E-state index in [-0.39, 0.29) is 22.5 Å². The molecule has 0 spiro atoms. The van der Waals surface area contributed by atoms with Crippen molar-refractivity contribution in [2.24, 2.45) is 0 Å². The fourth-order valence-electron chi connectivity index (χ4n) is 3.55. The molecule has 35 heavy (non-hydrogen) atoms. The fraction of sp³-hybridized carbons (Fsp3) is 0.0714. The van der Waals surface area contributed by atoms with Crippen LogP contribution in [0.2, 0.25) is 5.02 Å². The highest BCUT2D eigenvalue weighted by Gasteiger charge is 2.18. The largest absolute Gasteiger partial charge is 0.479 e. The molecular formula is C28H19ClO6. The van der Waals surface area contributed by atoms with Gasteiger partial charge in [-0.1, -0.05) is 41.9 Å². The summed E-state index contributed by atoms with van der Waals surface area (Å²) in [6, 6.07) is 24.6. The van der Waals surface area contributed by atoms with Crippen molar-refractivity contribution in [3.63, 3.8) is 0 Å². The van der Waals surface area contributed by atoms with E-state index in [2.05, 4.69) is 0 Å². The SMILES string of the molecule is CC(Oc1ccc(Cl)cc1)C(=O)Oc1ccc2c(=O)c(Oc3ccc4ccccc4c3)coc2c1. The Morgan fingerprint density at radius 3 is 2.37 bits per heavy atom. The normalized spacial score (nSPS) is 11.8. The van der Waals surface area contributed by atoms with Gasteiger partial charge in [0.2, 0.25) is 11.2 Å². The first kappa shape index (κ1) is 22.5. The number of halogens is 1. The Labute approximate surface area is 205 Å². The van der Waals surface area contributed by atoms with E-state index in [9.17, 15) is 9.59 Å². The zero-order chi connectivity index (χ0) is 24.4. The average Bonchev–Trinajstić information content (AvgIpc) is 2.87. The smallest absolute Gasteiger partial charge is 0.352 e. The van der Waals surface area contributed by atoms with Crippen molar-refractivity contribution in [3.05, 3.63) is 106 Å². The maximum Gasteiger partial charge on any atom is 0.352 e. The van der Waals surface area contributed by atoms with Crippen molar-refractivity contribution >= 4 is 39.3 Å². The number of hydrogen-bond donors (Lipinski definition) is 0. The number of rotatable bonds is 6. The van der Waals surface area contributed by atoms with Crippen LogP contribution in [0.1, 0.15) is 6.92 Å². The monoisotopic (exact) mass is 486 g/mol. The molecule has 0 saturated carbocycles. The lowest BCUT2D eigenvalue weighted by molar-refractivity contribution is -0.141. The molecule has 5 aromatic rings. The van der Waals surface area contributed by atoms with E-state index in [1.165, 1.54) is 24.5 Å². The first-order valence-corrected chi connectivity index (χ1v) is 11.2. The summed E-state index contributed by atoms with van der Waals surface area (Å²) in [6.45, 7) is 1.58. The van der Waals surface area contributed by atoms with Gasteiger partial charge in [-0.15, -0.1) is 0 Å². The van der Waals surface area contributed by atoms with Gasteiger partial charge in [-0.3, -0.25) is 4.79 Å². The molecule has 0 fully saturated rings. The minimum absolute atomic E-state index is 0.0579. The number of ether oxygens (including phenoxy) is 3. The lowest BCUT2D eigenvalue weighted by atomic mass is 10.1. The first-order valence-electron chi connectivity index (χ1n) is 10.8. The van der Waals surface area contributed by atoms with Gasteiger partial charge in [-0.25, -0.2) is 4.79 Å². The molecule has 5 rings (SSSR count). The number of benzene rings is 4. The molecule has 1 unspecified atom stereocenters. The van der Waals surface area contributed by atoms with Crippen molar-refractivity contribution in [1.29, 1.82) is 0 Å². The summed E-state index contributed by atoms with van der Waals surface area (Å²) < 4.78 is 22.4. The van der Waals surface area contributed by atoms with Crippen LogP contribution in [0.25, 0.3) is 21.7 Å². The molecule has 0 aliphatic heterocycles. The third-order valence-electron chi connectivity index (χ3n) is 5.34. The van der Waals surface area contributed by atoms with Gasteiger partial charge >= 0.3 is 5.97 Å². The van der Waals surface area contributed by atoms with Crippen molar-refractivity contribution in [1.82, 2.24) is 0 Å². The molecule has 7 heteroatoms. The van der Waals surface area contributed by atoms with Gasteiger partial charge in [-0.05, 0) is 66.2 Å². The molecule has 4 aromatic carbocycles. The fourth-order valence-corrected chi connectivity index (χ4v) is 3.67. The van der Waals surface area contributed by atoms with Crippen molar-refractivity contribution in [2.45, 2.75) is 13.0 Å². The highest BCUT2D eigenvalue weighted by molar-refractivity contribution is 6.30. The van der Waals surface area contributed by atoms with E-state index in [0.29, 0.717) is 21.9 Å². The standard InChI is InChI=1S/C28H19ClO6/c1-17(33-21-10-7-20(29)8-11-21)28(31)35-23-12-13-24-25(15-23)32-16-26(27(24)30)34-22-9-6-18-4-2-3-5-19(18)14-22/h2-17H,1H3. The number of carbonyl (C=O) groups is 1. The lowest BCUT2D eigenvalue weighted by Gasteiger charge is -2.14. The van der Waals surface area contributed by atoms with E-state index in [0.717, 1.165) is 10.8 Å². The van der Waals surface area contributed by atoms with Crippen LogP contribution in [-0.2, 0) is 4.79 Å². The van der Waals surface area contributed by atoms with Crippen LogP contribution in [0.4, 0.5) is 0 Å². The summed E-state index contributed by atoms with van der Waals surface area (Å²) >= 11 is 5.86. The molecule has 1 atom stereocenters. The molecule has 0 aliphatic carbocycles. The number of hydrogen-bond acceptors (Lipinski definition) is 6. The highest BCUT2D eigenvalue weighted by Crippen LogP contribution is 2.27. The van der Waals surface area contributed by atoms with E-state index < -0.39 is 12.1 Å². The average molecular weight is 487 g/mol. The minimum atomic E-state index is -0.864. The predicted molar refractivity (Wildman–Crippen MR) is 134 cm³/mol. The first-order chi connectivity index (χ1) is 17.0. The van der Waals surface area contributed by atoms with Crippen molar-refractivity contribution < 1.29 is 23.4 Å². The molecule has 0 amide bonds. The third kappa shape index (κ3) is 4.98. The quantitative estimate of drug-likeness (QED) is 0.195. The van der Waals surface area contributed by atoms with Gasteiger partial charge in [0.15, 0.2) is 6.10 Å². The molecule has 0 aliphatic rings. The van der Waals surface area contributed by atoms with Crippen LogP contribution >= 0.6 is 11.6 Å². The lowest BCUT2D eigenvalue weighted by Crippen LogP contribution is -2.28. The van der Waals surface area contributed by atoms with Crippen LogP contribution in [0.15, 0.2) is 100 Å². The zero-order valence-corrected chi connectivity index (χ0v) is 19.3. The van der Waals surface area contributed by atoms with Gasteiger partial charge in [0.25, 0.3) is 0 Å². The molecular weight excluding hydrogens is 468 g/mol. The van der Waals surface area contributed by atoms with E-state index in [1.54, 1.807) is 37.3 Å². The Balaban J connectivity index is 1.32. The zero-order valence-electron chi connectivity index (χ0n) is 18.6. The number of esters is 1. The summed E-state index contributed by atoms with van der Waals surface area (Å²) in [4.78, 5) is 25.4. The molecule has 1 aromatic heterocycles. The molecule has 0 saturated heterocycles. The second-order valence-corrected chi connectivity index (χ2v) is 8.27. The van der Waals surface area contributed by atoms with Crippen molar-refractivity contribution in [2.75, 3.05) is 0 Å². The molecule has 6 nitrogen and oxygen atoms in total. The topological polar surface area (TPSA) is 75.0 Å². The Morgan fingerprint density at radius 2 is 1.57 bits per heavy atom. The van der Waals surface area contributed by atoms with Gasteiger partial charge in [0.05, 0.1) is 5.39 Å². The summed E-state index contributed by atoms with van der Waals surface area (Å²) in [6.07, 6.45) is 0.383. The van der Waals surface area contributed by atoms with Crippen LogP contribution in [0.5, 0.6) is 23.0 Å². The Morgan fingerprint density at radius 1 is 0.857 bits per heavy atom. The van der Waals surface area contributed by atoms with Crippen LogP contribution in [0.3, 0.4) is 0 Å². The van der Waals surface area contributed by atoms with Gasteiger partial charge in [-0.2, -0.15) is 0 Å². The number of carbonyl (C=O) groups excluding carboxylic acids is 1.